The SMILES string of the molecule is CCSc1ccccc1C(=O)NC(C)c1ccccc1. The first-order chi connectivity index (χ1) is 9.72. The van der Waals surface area contributed by atoms with E-state index in [1.165, 1.54) is 0 Å². The van der Waals surface area contributed by atoms with Crippen molar-refractivity contribution in [2.45, 2.75) is 24.8 Å². The van der Waals surface area contributed by atoms with Gasteiger partial charge in [-0.15, -0.1) is 11.8 Å². The van der Waals surface area contributed by atoms with Crippen LogP contribution in [0.15, 0.2) is 59.5 Å². The molecule has 1 N–H and O–H groups in total. The van der Waals surface area contributed by atoms with Crippen LogP contribution in [0.3, 0.4) is 0 Å². The number of hydrogen-bond acceptors (Lipinski definition) is 2. The van der Waals surface area contributed by atoms with Crippen molar-refractivity contribution in [2.75, 3.05) is 5.75 Å². The number of thioether (sulfide) groups is 1. The first-order valence-corrected chi connectivity index (χ1v) is 7.78. The maximum Gasteiger partial charge on any atom is 0.252 e. The third kappa shape index (κ3) is 3.64. The van der Waals surface area contributed by atoms with E-state index in [4.69, 9.17) is 0 Å². The molecule has 2 aromatic carbocycles. The molecule has 0 spiro atoms. The van der Waals surface area contributed by atoms with E-state index in [0.717, 1.165) is 21.8 Å². The fourth-order valence-electron chi connectivity index (χ4n) is 2.04. The Bertz CT molecular complexity index is 568. The van der Waals surface area contributed by atoms with E-state index in [9.17, 15) is 4.79 Å². The first-order valence-electron chi connectivity index (χ1n) is 6.80. The Hall–Kier alpha value is -1.74. The minimum Gasteiger partial charge on any atom is -0.345 e. The monoisotopic (exact) mass is 285 g/mol. The topological polar surface area (TPSA) is 29.1 Å². The third-order valence-electron chi connectivity index (χ3n) is 3.08. The van der Waals surface area contributed by atoms with Crippen LogP contribution in [0, 0.1) is 0 Å². The van der Waals surface area contributed by atoms with Crippen LogP contribution in [0.2, 0.25) is 0 Å². The first kappa shape index (κ1) is 14.7. The molecule has 0 aliphatic carbocycles. The number of benzene rings is 2. The van der Waals surface area contributed by atoms with Gasteiger partial charge in [-0.1, -0.05) is 49.4 Å². The van der Waals surface area contributed by atoms with Crippen molar-refractivity contribution in [1.82, 2.24) is 5.32 Å². The molecule has 0 saturated carbocycles. The van der Waals surface area contributed by atoms with Crippen LogP contribution < -0.4 is 5.32 Å². The van der Waals surface area contributed by atoms with Crippen LogP contribution in [0.4, 0.5) is 0 Å². The minimum absolute atomic E-state index is 0.00313. The van der Waals surface area contributed by atoms with Crippen molar-refractivity contribution in [1.29, 1.82) is 0 Å². The van der Waals surface area contributed by atoms with Crippen molar-refractivity contribution in [2.24, 2.45) is 0 Å². The van der Waals surface area contributed by atoms with E-state index in [1.807, 2.05) is 61.5 Å². The predicted molar refractivity (Wildman–Crippen MR) is 85.2 cm³/mol. The zero-order valence-corrected chi connectivity index (χ0v) is 12.6. The fraction of sp³-hybridized carbons (Fsp3) is 0.235. The Morgan fingerprint density at radius 2 is 1.75 bits per heavy atom. The van der Waals surface area contributed by atoms with Gasteiger partial charge in [0.05, 0.1) is 11.6 Å². The molecule has 1 unspecified atom stereocenters. The van der Waals surface area contributed by atoms with E-state index >= 15 is 0 Å². The van der Waals surface area contributed by atoms with Crippen LogP contribution in [-0.4, -0.2) is 11.7 Å². The molecule has 1 amide bonds. The molecule has 0 bridgehead atoms. The molecule has 2 rings (SSSR count). The summed E-state index contributed by atoms with van der Waals surface area (Å²) in [6, 6.07) is 17.7. The molecule has 0 aromatic heterocycles. The van der Waals surface area contributed by atoms with Gasteiger partial charge in [0.25, 0.3) is 5.91 Å². The molecule has 0 aliphatic heterocycles. The standard InChI is InChI=1S/C17H19NOS/c1-3-20-16-12-8-7-11-15(16)17(19)18-13(2)14-9-5-4-6-10-14/h4-13H,3H2,1-2H3,(H,18,19). The summed E-state index contributed by atoms with van der Waals surface area (Å²) in [5.41, 5.74) is 1.86. The summed E-state index contributed by atoms with van der Waals surface area (Å²) in [6.45, 7) is 4.09. The number of rotatable bonds is 5. The van der Waals surface area contributed by atoms with Gasteiger partial charge in [0.2, 0.25) is 0 Å². The van der Waals surface area contributed by atoms with E-state index in [-0.39, 0.29) is 11.9 Å². The van der Waals surface area contributed by atoms with Crippen molar-refractivity contribution in [3.63, 3.8) is 0 Å². The summed E-state index contributed by atoms with van der Waals surface area (Å²) in [5, 5.41) is 3.06. The van der Waals surface area contributed by atoms with Gasteiger partial charge in [0, 0.05) is 4.90 Å². The summed E-state index contributed by atoms with van der Waals surface area (Å²) >= 11 is 1.69. The highest BCUT2D eigenvalue weighted by molar-refractivity contribution is 7.99. The Balaban J connectivity index is 2.12. The average molecular weight is 285 g/mol. The van der Waals surface area contributed by atoms with Gasteiger partial charge in [-0.25, -0.2) is 0 Å². The number of hydrogen-bond donors (Lipinski definition) is 1. The normalized spacial score (nSPS) is 11.9. The summed E-state index contributed by atoms with van der Waals surface area (Å²) in [6.07, 6.45) is 0. The lowest BCUT2D eigenvalue weighted by Crippen LogP contribution is -2.27. The number of nitrogens with one attached hydrogen (secondary N) is 1. The van der Waals surface area contributed by atoms with Gasteiger partial charge in [0.1, 0.15) is 0 Å². The zero-order valence-electron chi connectivity index (χ0n) is 11.8. The largest absolute Gasteiger partial charge is 0.345 e. The summed E-state index contributed by atoms with van der Waals surface area (Å²) in [4.78, 5) is 13.4. The fourth-order valence-corrected chi connectivity index (χ4v) is 2.84. The summed E-state index contributed by atoms with van der Waals surface area (Å²) < 4.78 is 0. The van der Waals surface area contributed by atoms with Crippen LogP contribution in [-0.2, 0) is 0 Å². The second-order valence-electron chi connectivity index (χ2n) is 4.54. The highest BCUT2D eigenvalue weighted by Gasteiger charge is 2.14. The van der Waals surface area contributed by atoms with Crippen molar-refractivity contribution >= 4 is 17.7 Å². The molecular formula is C17H19NOS. The van der Waals surface area contributed by atoms with E-state index in [2.05, 4.69) is 12.2 Å². The third-order valence-corrected chi connectivity index (χ3v) is 4.03. The maximum absolute atomic E-state index is 12.4. The molecule has 20 heavy (non-hydrogen) atoms. The second kappa shape index (κ2) is 7.15. The molecule has 0 aliphatic rings. The second-order valence-corrected chi connectivity index (χ2v) is 5.84. The molecule has 3 heteroatoms. The Morgan fingerprint density at radius 1 is 1.10 bits per heavy atom. The van der Waals surface area contributed by atoms with Crippen LogP contribution in [0.1, 0.15) is 35.8 Å². The van der Waals surface area contributed by atoms with Crippen LogP contribution >= 0.6 is 11.8 Å². The molecule has 0 radical (unpaired) electrons. The summed E-state index contributed by atoms with van der Waals surface area (Å²) in [5.74, 6) is 0.941. The van der Waals surface area contributed by atoms with Gasteiger partial charge >= 0.3 is 0 Å². The van der Waals surface area contributed by atoms with E-state index in [0.29, 0.717) is 0 Å². The highest BCUT2D eigenvalue weighted by Crippen LogP contribution is 2.23. The van der Waals surface area contributed by atoms with E-state index < -0.39 is 0 Å². The van der Waals surface area contributed by atoms with Gasteiger partial charge in [0.15, 0.2) is 0 Å². The van der Waals surface area contributed by atoms with E-state index in [1.54, 1.807) is 11.8 Å². The smallest absolute Gasteiger partial charge is 0.252 e. The highest BCUT2D eigenvalue weighted by atomic mass is 32.2. The number of carbonyl (C=O) groups excluding carboxylic acids is 1. The minimum atomic E-state index is -0.0158. The molecule has 0 fully saturated rings. The number of carbonyl (C=O) groups is 1. The zero-order chi connectivity index (χ0) is 14.4. The molecule has 0 saturated heterocycles. The average Bonchev–Trinajstić information content (AvgIpc) is 2.49. The lowest BCUT2D eigenvalue weighted by atomic mass is 10.1. The molecular weight excluding hydrogens is 266 g/mol. The van der Waals surface area contributed by atoms with Gasteiger partial charge in [-0.05, 0) is 30.4 Å². The summed E-state index contributed by atoms with van der Waals surface area (Å²) in [7, 11) is 0. The Kier molecular flexibility index (Phi) is 5.24. The Labute approximate surface area is 124 Å². The lowest BCUT2D eigenvalue weighted by Gasteiger charge is -2.15. The van der Waals surface area contributed by atoms with Gasteiger partial charge in [-0.3, -0.25) is 4.79 Å². The predicted octanol–water partition coefficient (Wildman–Crippen LogP) is 4.29. The molecule has 1 atom stereocenters. The molecule has 2 nitrogen and oxygen atoms in total. The van der Waals surface area contributed by atoms with Gasteiger partial charge in [-0.2, -0.15) is 0 Å². The molecule has 104 valence electrons. The quantitative estimate of drug-likeness (QED) is 0.830. The lowest BCUT2D eigenvalue weighted by molar-refractivity contribution is 0.0937. The van der Waals surface area contributed by atoms with Crippen LogP contribution in [0.5, 0.6) is 0 Å². The molecule has 2 aromatic rings. The van der Waals surface area contributed by atoms with Gasteiger partial charge < -0.3 is 5.32 Å². The molecule has 0 heterocycles. The Morgan fingerprint density at radius 3 is 2.45 bits per heavy atom. The maximum atomic E-state index is 12.4. The van der Waals surface area contributed by atoms with Crippen molar-refractivity contribution in [3.8, 4) is 0 Å². The van der Waals surface area contributed by atoms with Crippen LogP contribution in [0.25, 0.3) is 0 Å². The van der Waals surface area contributed by atoms with Crippen molar-refractivity contribution in [3.05, 3.63) is 65.7 Å². The van der Waals surface area contributed by atoms with Crippen molar-refractivity contribution < 1.29 is 4.79 Å². The number of amides is 1.